The third-order valence-corrected chi connectivity index (χ3v) is 4.61. The number of alkyl halides is 2. The van der Waals surface area contributed by atoms with Crippen molar-refractivity contribution in [2.75, 3.05) is 40.3 Å². The molecule has 0 aliphatic carbocycles. The monoisotopic (exact) mass is 339 g/mol. The van der Waals surface area contributed by atoms with Gasteiger partial charge in [-0.15, -0.1) is 0 Å². The fourth-order valence-electron chi connectivity index (χ4n) is 3.44. The van der Waals surface area contributed by atoms with E-state index in [1.165, 1.54) is 6.20 Å². The summed E-state index contributed by atoms with van der Waals surface area (Å²) in [7, 11) is 3.78. The zero-order chi connectivity index (χ0) is 17.5. The normalized spacial score (nSPS) is 24.4. The van der Waals surface area contributed by atoms with E-state index in [0.29, 0.717) is 25.3 Å². The standard InChI is InChI=1S/C16H23F2N5O/c1-11-5-20-14(6-19-11)15(24)22-8-13(9-22)23-10-16(17,18)4-12(23)7-21(2)3/h5-6,12-13H,4,7-10H2,1-3H3/t12-/m0/s1. The number of likely N-dealkylation sites (tertiary alicyclic amines) is 2. The lowest BCUT2D eigenvalue weighted by Crippen LogP contribution is -2.63. The molecule has 0 saturated carbocycles. The molecule has 1 amide bonds. The number of hydrogen-bond acceptors (Lipinski definition) is 5. The summed E-state index contributed by atoms with van der Waals surface area (Å²) < 4.78 is 27.6. The van der Waals surface area contributed by atoms with Gasteiger partial charge in [-0.05, 0) is 21.0 Å². The molecule has 0 N–H and O–H groups in total. The van der Waals surface area contributed by atoms with Crippen LogP contribution in [0.2, 0.25) is 0 Å². The van der Waals surface area contributed by atoms with Crippen LogP contribution in [0.15, 0.2) is 12.4 Å². The second-order valence-corrected chi connectivity index (χ2v) is 7.06. The van der Waals surface area contributed by atoms with Gasteiger partial charge in [0.25, 0.3) is 11.8 Å². The highest BCUT2D eigenvalue weighted by molar-refractivity contribution is 5.92. The van der Waals surface area contributed by atoms with Crippen LogP contribution >= 0.6 is 0 Å². The van der Waals surface area contributed by atoms with E-state index in [-0.39, 0.29) is 31.0 Å². The molecule has 8 heteroatoms. The van der Waals surface area contributed by atoms with E-state index < -0.39 is 5.92 Å². The van der Waals surface area contributed by atoms with Crippen LogP contribution in [0, 0.1) is 6.92 Å². The zero-order valence-corrected chi connectivity index (χ0v) is 14.2. The second kappa shape index (κ2) is 6.33. The lowest BCUT2D eigenvalue weighted by Gasteiger charge is -2.46. The van der Waals surface area contributed by atoms with Crippen molar-refractivity contribution >= 4 is 5.91 Å². The molecule has 2 saturated heterocycles. The molecule has 1 atom stereocenters. The first-order valence-corrected chi connectivity index (χ1v) is 8.11. The lowest BCUT2D eigenvalue weighted by atomic mass is 10.0. The van der Waals surface area contributed by atoms with Gasteiger partial charge in [-0.2, -0.15) is 0 Å². The Morgan fingerprint density at radius 1 is 1.33 bits per heavy atom. The molecule has 1 aromatic rings. The highest BCUT2D eigenvalue weighted by Crippen LogP contribution is 2.35. The van der Waals surface area contributed by atoms with Gasteiger partial charge in [0.1, 0.15) is 5.69 Å². The van der Waals surface area contributed by atoms with Crippen molar-refractivity contribution in [1.82, 2.24) is 24.7 Å². The van der Waals surface area contributed by atoms with Crippen LogP contribution in [0.5, 0.6) is 0 Å². The summed E-state index contributed by atoms with van der Waals surface area (Å²) in [6.45, 7) is 3.12. The Hall–Kier alpha value is -1.67. The summed E-state index contributed by atoms with van der Waals surface area (Å²) in [5.74, 6) is -2.83. The molecule has 6 nitrogen and oxygen atoms in total. The van der Waals surface area contributed by atoms with Gasteiger partial charge in [-0.25, -0.2) is 13.8 Å². The summed E-state index contributed by atoms with van der Waals surface area (Å²) in [5, 5.41) is 0. The average molecular weight is 339 g/mol. The number of aromatic nitrogens is 2. The third-order valence-electron chi connectivity index (χ3n) is 4.61. The smallest absolute Gasteiger partial charge is 0.274 e. The molecule has 2 fully saturated rings. The number of carbonyl (C=O) groups excluding carboxylic acids is 1. The predicted molar refractivity (Wildman–Crippen MR) is 85.1 cm³/mol. The molecule has 2 aliphatic rings. The SMILES string of the molecule is Cc1cnc(C(=O)N2CC(N3CC(F)(F)C[C@H]3CN(C)C)C2)cn1. The topological polar surface area (TPSA) is 52.6 Å². The van der Waals surface area contributed by atoms with E-state index in [9.17, 15) is 13.6 Å². The summed E-state index contributed by atoms with van der Waals surface area (Å²) in [5.41, 5.74) is 1.05. The molecule has 2 aliphatic heterocycles. The van der Waals surface area contributed by atoms with Crippen LogP contribution in [0.1, 0.15) is 22.6 Å². The van der Waals surface area contributed by atoms with Crippen molar-refractivity contribution in [3.8, 4) is 0 Å². The van der Waals surface area contributed by atoms with Crippen LogP contribution in [0.4, 0.5) is 8.78 Å². The van der Waals surface area contributed by atoms with Crippen LogP contribution in [0.25, 0.3) is 0 Å². The fourth-order valence-corrected chi connectivity index (χ4v) is 3.44. The molecular weight excluding hydrogens is 316 g/mol. The Labute approximate surface area is 140 Å². The first-order chi connectivity index (χ1) is 11.2. The molecule has 3 rings (SSSR count). The largest absolute Gasteiger partial charge is 0.334 e. The van der Waals surface area contributed by atoms with Crippen LogP contribution in [-0.4, -0.2) is 88.9 Å². The van der Waals surface area contributed by atoms with Crippen molar-refractivity contribution < 1.29 is 13.6 Å². The second-order valence-electron chi connectivity index (χ2n) is 7.06. The van der Waals surface area contributed by atoms with Gasteiger partial charge in [-0.1, -0.05) is 0 Å². The van der Waals surface area contributed by atoms with Crippen LogP contribution in [0.3, 0.4) is 0 Å². The zero-order valence-electron chi connectivity index (χ0n) is 14.2. The molecule has 1 aromatic heterocycles. The maximum atomic E-state index is 13.8. The Kier molecular flexibility index (Phi) is 4.52. The molecule has 3 heterocycles. The van der Waals surface area contributed by atoms with Crippen LogP contribution < -0.4 is 0 Å². The number of halogens is 2. The van der Waals surface area contributed by atoms with E-state index >= 15 is 0 Å². The average Bonchev–Trinajstić information content (AvgIpc) is 2.71. The Morgan fingerprint density at radius 3 is 2.62 bits per heavy atom. The first kappa shape index (κ1) is 17.2. The highest BCUT2D eigenvalue weighted by atomic mass is 19.3. The van der Waals surface area contributed by atoms with Crippen molar-refractivity contribution in [1.29, 1.82) is 0 Å². The van der Waals surface area contributed by atoms with Crippen molar-refractivity contribution in [2.24, 2.45) is 0 Å². The van der Waals surface area contributed by atoms with Gasteiger partial charge in [0, 0.05) is 44.3 Å². The van der Waals surface area contributed by atoms with E-state index in [1.54, 1.807) is 18.0 Å². The van der Waals surface area contributed by atoms with Gasteiger partial charge in [0.05, 0.1) is 18.4 Å². The predicted octanol–water partition coefficient (Wildman–Crippen LogP) is 0.881. The summed E-state index contributed by atoms with van der Waals surface area (Å²) in [6.07, 6.45) is 2.90. The maximum Gasteiger partial charge on any atom is 0.274 e. The number of aryl methyl sites for hydroxylation is 1. The van der Waals surface area contributed by atoms with Gasteiger partial charge in [0.2, 0.25) is 0 Å². The highest BCUT2D eigenvalue weighted by Gasteiger charge is 2.50. The van der Waals surface area contributed by atoms with Gasteiger partial charge in [0.15, 0.2) is 0 Å². The van der Waals surface area contributed by atoms with E-state index in [0.717, 1.165) is 5.69 Å². The van der Waals surface area contributed by atoms with Crippen LogP contribution in [-0.2, 0) is 0 Å². The Balaban J connectivity index is 1.60. The van der Waals surface area contributed by atoms with Gasteiger partial charge in [-0.3, -0.25) is 14.7 Å². The molecular formula is C16H23F2N5O. The number of likely N-dealkylation sites (N-methyl/N-ethyl adjacent to an activating group) is 1. The Morgan fingerprint density at radius 2 is 2.04 bits per heavy atom. The van der Waals surface area contributed by atoms with E-state index in [4.69, 9.17) is 0 Å². The number of hydrogen-bond donors (Lipinski definition) is 0. The van der Waals surface area contributed by atoms with Crippen molar-refractivity contribution in [3.63, 3.8) is 0 Å². The first-order valence-electron chi connectivity index (χ1n) is 8.11. The third kappa shape index (κ3) is 3.54. The molecule has 0 unspecified atom stereocenters. The number of amides is 1. The van der Waals surface area contributed by atoms with Gasteiger partial charge < -0.3 is 9.80 Å². The number of rotatable bonds is 4. The quantitative estimate of drug-likeness (QED) is 0.815. The minimum atomic E-state index is -2.65. The van der Waals surface area contributed by atoms with E-state index in [1.807, 2.05) is 23.9 Å². The molecule has 0 spiro atoms. The minimum Gasteiger partial charge on any atom is -0.334 e. The van der Waals surface area contributed by atoms with Gasteiger partial charge >= 0.3 is 0 Å². The molecule has 132 valence electrons. The van der Waals surface area contributed by atoms with Crippen molar-refractivity contribution in [2.45, 2.75) is 31.4 Å². The molecule has 0 bridgehead atoms. The molecule has 0 radical (unpaired) electrons. The van der Waals surface area contributed by atoms with Crippen molar-refractivity contribution in [3.05, 3.63) is 23.8 Å². The fraction of sp³-hybridized carbons (Fsp3) is 0.688. The molecule has 0 aromatic carbocycles. The summed E-state index contributed by atoms with van der Waals surface area (Å²) in [4.78, 5) is 25.9. The summed E-state index contributed by atoms with van der Waals surface area (Å²) in [6, 6.07) is -0.179. The lowest BCUT2D eigenvalue weighted by molar-refractivity contribution is -0.0116. The number of carbonyl (C=O) groups is 1. The minimum absolute atomic E-state index is 0.00863. The number of nitrogens with zero attached hydrogens (tertiary/aromatic N) is 5. The summed E-state index contributed by atoms with van der Waals surface area (Å²) >= 11 is 0. The Bertz CT molecular complexity index is 601. The van der Waals surface area contributed by atoms with E-state index in [2.05, 4.69) is 9.97 Å². The maximum absolute atomic E-state index is 13.8. The molecule has 24 heavy (non-hydrogen) atoms.